The van der Waals surface area contributed by atoms with Gasteiger partial charge < -0.3 is 9.73 Å². The van der Waals surface area contributed by atoms with Crippen LogP contribution < -0.4 is 5.32 Å². The minimum absolute atomic E-state index is 0.273. The summed E-state index contributed by atoms with van der Waals surface area (Å²) in [4.78, 5) is 2.31. The number of aromatic nitrogens is 2. The molecule has 1 aliphatic heterocycles. The zero-order valence-corrected chi connectivity index (χ0v) is 12.1. The van der Waals surface area contributed by atoms with E-state index in [9.17, 15) is 4.39 Å². The first-order valence-electron chi connectivity index (χ1n) is 7.22. The van der Waals surface area contributed by atoms with Gasteiger partial charge in [0.25, 0.3) is 0 Å². The molecule has 6 heteroatoms. The predicted octanol–water partition coefficient (Wildman–Crippen LogP) is 2.06. The Kier molecular flexibility index (Phi) is 4.26. The number of rotatable bonds is 4. The summed E-state index contributed by atoms with van der Waals surface area (Å²) in [6.45, 7) is 2.70. The topological polar surface area (TPSA) is 54.2 Å². The molecule has 0 aliphatic carbocycles. The molecular weight excluding hydrogens is 271 g/mol. The van der Waals surface area contributed by atoms with Crippen LogP contribution in [0.3, 0.4) is 0 Å². The fraction of sp³-hybridized carbons (Fsp3) is 0.467. The summed E-state index contributed by atoms with van der Waals surface area (Å²) in [5, 5.41) is 11.4. The molecule has 1 atom stereocenters. The van der Waals surface area contributed by atoms with Gasteiger partial charge in [-0.3, -0.25) is 4.90 Å². The van der Waals surface area contributed by atoms with Gasteiger partial charge in [-0.25, -0.2) is 4.39 Å². The number of nitrogens with one attached hydrogen (secondary N) is 1. The molecule has 0 bridgehead atoms. The Morgan fingerprint density at radius 1 is 1.33 bits per heavy atom. The number of hydrogen-bond acceptors (Lipinski definition) is 5. The summed E-state index contributed by atoms with van der Waals surface area (Å²) >= 11 is 0. The second kappa shape index (κ2) is 6.32. The van der Waals surface area contributed by atoms with Crippen molar-refractivity contribution < 1.29 is 8.81 Å². The van der Waals surface area contributed by atoms with E-state index in [4.69, 9.17) is 4.42 Å². The van der Waals surface area contributed by atoms with Crippen LogP contribution in [0.25, 0.3) is 11.5 Å². The van der Waals surface area contributed by atoms with Crippen molar-refractivity contribution in [3.05, 3.63) is 36.0 Å². The van der Waals surface area contributed by atoms with Gasteiger partial charge in [-0.2, -0.15) is 0 Å². The van der Waals surface area contributed by atoms with Gasteiger partial charge in [-0.15, -0.1) is 10.2 Å². The monoisotopic (exact) mass is 290 g/mol. The molecule has 3 rings (SSSR count). The molecule has 1 aliphatic rings. The third-order valence-corrected chi connectivity index (χ3v) is 3.83. The molecule has 1 aromatic heterocycles. The maximum absolute atomic E-state index is 12.9. The molecule has 2 heterocycles. The second-order valence-electron chi connectivity index (χ2n) is 5.37. The van der Waals surface area contributed by atoms with Crippen molar-refractivity contribution in [2.75, 3.05) is 20.1 Å². The van der Waals surface area contributed by atoms with Crippen LogP contribution in [0.2, 0.25) is 0 Å². The van der Waals surface area contributed by atoms with Crippen molar-refractivity contribution in [2.24, 2.45) is 0 Å². The summed E-state index contributed by atoms with van der Waals surface area (Å²) in [7, 11) is 1.99. The second-order valence-corrected chi connectivity index (χ2v) is 5.37. The van der Waals surface area contributed by atoms with Crippen molar-refractivity contribution in [2.45, 2.75) is 25.4 Å². The standard InChI is InChI=1S/C15H19FN4O/c1-17-13-3-2-8-20(9-13)10-14-18-19-15(21-14)11-4-6-12(16)7-5-11/h4-7,13,17H,2-3,8-10H2,1H3. The number of likely N-dealkylation sites (N-methyl/N-ethyl adjacent to an activating group) is 1. The lowest BCUT2D eigenvalue weighted by molar-refractivity contribution is 0.173. The maximum atomic E-state index is 12.9. The lowest BCUT2D eigenvalue weighted by Gasteiger charge is -2.31. The molecule has 1 fully saturated rings. The minimum atomic E-state index is -0.273. The molecule has 21 heavy (non-hydrogen) atoms. The molecule has 2 aromatic rings. The van der Waals surface area contributed by atoms with Crippen LogP contribution in [0.5, 0.6) is 0 Å². The van der Waals surface area contributed by atoms with Crippen LogP contribution in [0.15, 0.2) is 28.7 Å². The van der Waals surface area contributed by atoms with E-state index < -0.39 is 0 Å². The number of benzene rings is 1. The smallest absolute Gasteiger partial charge is 0.247 e. The van der Waals surface area contributed by atoms with Gasteiger partial charge in [0.15, 0.2) is 0 Å². The van der Waals surface area contributed by atoms with Gasteiger partial charge in [0, 0.05) is 18.2 Å². The van der Waals surface area contributed by atoms with Gasteiger partial charge in [0.2, 0.25) is 11.8 Å². The van der Waals surface area contributed by atoms with Gasteiger partial charge in [0.05, 0.1) is 6.54 Å². The van der Waals surface area contributed by atoms with Crippen molar-refractivity contribution >= 4 is 0 Å². The molecule has 1 unspecified atom stereocenters. The SMILES string of the molecule is CNC1CCCN(Cc2nnc(-c3ccc(F)cc3)o2)C1. The predicted molar refractivity (Wildman–Crippen MR) is 77.1 cm³/mol. The number of halogens is 1. The molecule has 0 spiro atoms. The fourth-order valence-corrected chi connectivity index (χ4v) is 2.65. The van der Waals surface area contributed by atoms with E-state index in [0.717, 1.165) is 18.7 Å². The van der Waals surface area contributed by atoms with Gasteiger partial charge >= 0.3 is 0 Å². The highest BCUT2D eigenvalue weighted by molar-refractivity contribution is 5.51. The van der Waals surface area contributed by atoms with Crippen molar-refractivity contribution in [3.63, 3.8) is 0 Å². The van der Waals surface area contributed by atoms with E-state index in [0.29, 0.717) is 24.4 Å². The first kappa shape index (κ1) is 14.2. The summed E-state index contributed by atoms with van der Waals surface area (Å²) in [5.41, 5.74) is 0.738. The Balaban J connectivity index is 1.66. The quantitative estimate of drug-likeness (QED) is 0.934. The van der Waals surface area contributed by atoms with E-state index in [-0.39, 0.29) is 5.82 Å². The zero-order valence-electron chi connectivity index (χ0n) is 12.1. The van der Waals surface area contributed by atoms with Gasteiger partial charge in [-0.1, -0.05) is 0 Å². The van der Waals surface area contributed by atoms with Crippen LogP contribution in [0.1, 0.15) is 18.7 Å². The van der Waals surface area contributed by atoms with Crippen LogP contribution in [0, 0.1) is 5.82 Å². The maximum Gasteiger partial charge on any atom is 0.247 e. The van der Waals surface area contributed by atoms with Crippen LogP contribution >= 0.6 is 0 Å². The summed E-state index contributed by atoms with van der Waals surface area (Å²) in [5.74, 6) is 0.767. The highest BCUT2D eigenvalue weighted by atomic mass is 19.1. The number of piperidine rings is 1. The highest BCUT2D eigenvalue weighted by Crippen LogP contribution is 2.19. The Hall–Kier alpha value is -1.79. The van der Waals surface area contributed by atoms with Crippen molar-refractivity contribution in [3.8, 4) is 11.5 Å². The molecule has 1 saturated heterocycles. The van der Waals surface area contributed by atoms with E-state index in [1.165, 1.54) is 25.0 Å². The Labute approximate surface area is 123 Å². The largest absolute Gasteiger partial charge is 0.419 e. The molecule has 0 amide bonds. The number of nitrogens with zero attached hydrogens (tertiary/aromatic N) is 3. The van der Waals surface area contributed by atoms with Gasteiger partial charge in [0.1, 0.15) is 5.82 Å². The van der Waals surface area contributed by atoms with E-state index in [2.05, 4.69) is 20.4 Å². The molecule has 112 valence electrons. The average Bonchev–Trinajstić information content (AvgIpc) is 2.96. The lowest BCUT2D eigenvalue weighted by Crippen LogP contribution is -2.43. The summed E-state index contributed by atoms with van der Waals surface area (Å²) in [6, 6.07) is 6.59. The van der Waals surface area contributed by atoms with E-state index in [1.807, 2.05) is 7.05 Å². The fourth-order valence-electron chi connectivity index (χ4n) is 2.65. The van der Waals surface area contributed by atoms with E-state index >= 15 is 0 Å². The highest BCUT2D eigenvalue weighted by Gasteiger charge is 2.20. The van der Waals surface area contributed by atoms with E-state index in [1.54, 1.807) is 12.1 Å². The Bertz CT molecular complexity index is 584. The third-order valence-electron chi connectivity index (χ3n) is 3.83. The zero-order chi connectivity index (χ0) is 14.7. The third kappa shape index (κ3) is 3.46. The normalized spacial score (nSPS) is 19.8. The minimum Gasteiger partial charge on any atom is -0.419 e. The Morgan fingerprint density at radius 3 is 2.90 bits per heavy atom. The molecule has 1 aromatic carbocycles. The number of likely N-dealkylation sites (tertiary alicyclic amines) is 1. The molecule has 0 saturated carbocycles. The lowest BCUT2D eigenvalue weighted by atomic mass is 10.1. The average molecular weight is 290 g/mol. The molecular formula is C15H19FN4O. The van der Waals surface area contributed by atoms with Crippen LogP contribution in [-0.2, 0) is 6.54 Å². The molecule has 1 N–H and O–H groups in total. The van der Waals surface area contributed by atoms with Crippen LogP contribution in [-0.4, -0.2) is 41.3 Å². The first-order valence-corrected chi connectivity index (χ1v) is 7.22. The van der Waals surface area contributed by atoms with Gasteiger partial charge in [-0.05, 0) is 50.7 Å². The summed E-state index contributed by atoms with van der Waals surface area (Å²) < 4.78 is 18.6. The Morgan fingerprint density at radius 2 is 2.14 bits per heavy atom. The van der Waals surface area contributed by atoms with Crippen molar-refractivity contribution in [1.82, 2.24) is 20.4 Å². The summed E-state index contributed by atoms with van der Waals surface area (Å²) in [6.07, 6.45) is 2.38. The first-order chi connectivity index (χ1) is 10.2. The van der Waals surface area contributed by atoms with Crippen molar-refractivity contribution in [1.29, 1.82) is 0 Å². The number of hydrogen-bond donors (Lipinski definition) is 1. The molecule has 0 radical (unpaired) electrons. The molecule has 5 nitrogen and oxygen atoms in total. The van der Waals surface area contributed by atoms with Crippen LogP contribution in [0.4, 0.5) is 4.39 Å².